The van der Waals surface area contributed by atoms with Crippen molar-refractivity contribution >= 4 is 21.6 Å². The van der Waals surface area contributed by atoms with Gasteiger partial charge in [0.2, 0.25) is 0 Å². The van der Waals surface area contributed by atoms with Crippen molar-refractivity contribution in [2.75, 3.05) is 25.6 Å². The van der Waals surface area contributed by atoms with Gasteiger partial charge in [0.05, 0.1) is 36.8 Å². The van der Waals surface area contributed by atoms with E-state index in [9.17, 15) is 13.2 Å². The Bertz CT molecular complexity index is 1450. The zero-order valence-electron chi connectivity index (χ0n) is 20.1. The normalized spacial score (nSPS) is 11.1. The molecule has 4 rings (SSSR count). The fourth-order valence-electron chi connectivity index (χ4n) is 3.69. The van der Waals surface area contributed by atoms with Crippen LogP contribution < -0.4 is 19.1 Å². The van der Waals surface area contributed by atoms with Gasteiger partial charge in [0, 0.05) is 37.6 Å². The molecule has 4 aromatic rings. The molecule has 10 heteroatoms. The molecule has 1 aromatic heterocycles. The highest BCUT2D eigenvalue weighted by molar-refractivity contribution is 7.92. The number of ether oxygens (including phenoxy) is 2. The van der Waals surface area contributed by atoms with Crippen LogP contribution in [0.5, 0.6) is 11.5 Å². The molecule has 0 atom stereocenters. The predicted molar refractivity (Wildman–Crippen MR) is 136 cm³/mol. The lowest BCUT2D eigenvalue weighted by Crippen LogP contribution is -2.27. The van der Waals surface area contributed by atoms with Gasteiger partial charge in [-0.1, -0.05) is 18.2 Å². The van der Waals surface area contributed by atoms with Crippen molar-refractivity contribution in [2.24, 2.45) is 0 Å². The second-order valence-corrected chi connectivity index (χ2v) is 9.79. The molecule has 0 unspecified atom stereocenters. The summed E-state index contributed by atoms with van der Waals surface area (Å²) in [6, 6.07) is 18.5. The van der Waals surface area contributed by atoms with Crippen molar-refractivity contribution in [2.45, 2.75) is 11.4 Å². The number of para-hydroxylation sites is 1. The average Bonchev–Trinajstić information content (AvgIpc) is 3.46. The Hall–Kier alpha value is -4.31. The minimum atomic E-state index is -3.87. The van der Waals surface area contributed by atoms with Gasteiger partial charge in [-0.2, -0.15) is 0 Å². The SMILES string of the molecule is COc1ccc(S(=O)(=O)N(C)c2ccc(C(=O)NCc3ccccc3-n3ccnc3)cc2)cc1OC. The number of hydrogen-bond donors (Lipinski definition) is 1. The van der Waals surface area contributed by atoms with E-state index in [1.807, 2.05) is 35.0 Å². The number of methoxy groups -OCH3 is 2. The summed E-state index contributed by atoms with van der Waals surface area (Å²) >= 11 is 0. The average molecular weight is 507 g/mol. The lowest BCUT2D eigenvalue weighted by atomic mass is 10.1. The maximum absolute atomic E-state index is 13.2. The largest absolute Gasteiger partial charge is 0.493 e. The molecule has 3 aromatic carbocycles. The molecule has 0 spiro atoms. The second kappa shape index (κ2) is 10.5. The molecule has 0 radical (unpaired) electrons. The molecule has 1 heterocycles. The number of nitrogens with one attached hydrogen (secondary N) is 1. The Labute approximate surface area is 210 Å². The predicted octanol–water partition coefficient (Wildman–Crippen LogP) is 3.64. The fourth-order valence-corrected chi connectivity index (χ4v) is 4.90. The topological polar surface area (TPSA) is 103 Å². The van der Waals surface area contributed by atoms with Gasteiger partial charge in [-0.3, -0.25) is 9.10 Å². The number of nitrogens with zero attached hydrogens (tertiary/aromatic N) is 3. The van der Waals surface area contributed by atoms with Gasteiger partial charge < -0.3 is 19.4 Å². The van der Waals surface area contributed by atoms with E-state index < -0.39 is 10.0 Å². The first-order valence-corrected chi connectivity index (χ1v) is 12.4. The van der Waals surface area contributed by atoms with Crippen LogP contribution in [0.3, 0.4) is 0 Å². The van der Waals surface area contributed by atoms with Gasteiger partial charge in [0.25, 0.3) is 15.9 Å². The number of carbonyl (C=O) groups is 1. The van der Waals surface area contributed by atoms with E-state index in [0.29, 0.717) is 29.3 Å². The third-order valence-electron chi connectivity index (χ3n) is 5.72. The fraction of sp³-hybridized carbons (Fsp3) is 0.154. The van der Waals surface area contributed by atoms with Crippen LogP contribution in [-0.4, -0.2) is 45.1 Å². The maximum atomic E-state index is 13.2. The van der Waals surface area contributed by atoms with Crippen molar-refractivity contribution in [1.29, 1.82) is 0 Å². The Morgan fingerprint density at radius 2 is 1.72 bits per heavy atom. The highest BCUT2D eigenvalue weighted by atomic mass is 32.2. The van der Waals surface area contributed by atoms with E-state index in [4.69, 9.17) is 9.47 Å². The lowest BCUT2D eigenvalue weighted by molar-refractivity contribution is 0.0951. The highest BCUT2D eigenvalue weighted by Gasteiger charge is 2.23. The molecule has 1 amide bonds. The molecule has 0 aliphatic carbocycles. The van der Waals surface area contributed by atoms with Gasteiger partial charge in [-0.15, -0.1) is 0 Å². The molecule has 0 saturated carbocycles. The van der Waals surface area contributed by atoms with Crippen LogP contribution in [0, 0.1) is 0 Å². The standard InChI is InChI=1S/C26H26N4O5S/c1-29(36(32,33)22-12-13-24(34-2)25(16-22)35-3)21-10-8-19(9-11-21)26(31)28-17-20-6-4-5-7-23(20)30-15-14-27-18-30/h4-16,18H,17H2,1-3H3,(H,28,31). The molecule has 186 valence electrons. The zero-order chi connectivity index (χ0) is 25.7. The van der Waals surface area contributed by atoms with E-state index in [2.05, 4.69) is 10.3 Å². The van der Waals surface area contributed by atoms with Gasteiger partial charge >= 0.3 is 0 Å². The van der Waals surface area contributed by atoms with Crippen LogP contribution in [0.25, 0.3) is 5.69 Å². The van der Waals surface area contributed by atoms with Crippen LogP contribution >= 0.6 is 0 Å². The first-order valence-electron chi connectivity index (χ1n) is 11.0. The van der Waals surface area contributed by atoms with Crippen molar-refractivity contribution < 1.29 is 22.7 Å². The van der Waals surface area contributed by atoms with E-state index in [-0.39, 0.29) is 10.8 Å². The van der Waals surface area contributed by atoms with E-state index in [1.165, 1.54) is 39.5 Å². The van der Waals surface area contributed by atoms with Crippen LogP contribution in [0.4, 0.5) is 5.69 Å². The van der Waals surface area contributed by atoms with Crippen LogP contribution in [0.1, 0.15) is 15.9 Å². The number of amides is 1. The number of aromatic nitrogens is 2. The summed E-state index contributed by atoms with van der Waals surface area (Å²) in [4.78, 5) is 16.9. The smallest absolute Gasteiger partial charge is 0.264 e. The number of rotatable bonds is 9. The molecular formula is C26H26N4O5S. The van der Waals surface area contributed by atoms with E-state index in [1.54, 1.807) is 36.8 Å². The summed E-state index contributed by atoms with van der Waals surface area (Å²) < 4.78 is 39.7. The number of imidazole rings is 1. The molecule has 0 bridgehead atoms. The van der Waals surface area contributed by atoms with Gasteiger partial charge in [-0.25, -0.2) is 13.4 Å². The van der Waals surface area contributed by atoms with Gasteiger partial charge in [-0.05, 0) is 48.0 Å². The molecule has 0 aliphatic heterocycles. The Kier molecular flexibility index (Phi) is 7.25. The maximum Gasteiger partial charge on any atom is 0.264 e. The monoisotopic (exact) mass is 506 g/mol. The Morgan fingerprint density at radius 3 is 2.39 bits per heavy atom. The van der Waals surface area contributed by atoms with Gasteiger partial charge in [0.15, 0.2) is 11.5 Å². The zero-order valence-corrected chi connectivity index (χ0v) is 20.9. The number of benzene rings is 3. The Morgan fingerprint density at radius 1 is 1.00 bits per heavy atom. The summed E-state index contributed by atoms with van der Waals surface area (Å²) in [5.74, 6) is 0.475. The molecule has 36 heavy (non-hydrogen) atoms. The van der Waals surface area contributed by atoms with Crippen LogP contribution in [-0.2, 0) is 16.6 Å². The molecule has 0 saturated heterocycles. The number of hydrogen-bond acceptors (Lipinski definition) is 6. The molecule has 9 nitrogen and oxygen atoms in total. The molecule has 1 N–H and O–H groups in total. The summed E-state index contributed by atoms with van der Waals surface area (Å²) in [7, 11) is 0.510. The first-order chi connectivity index (χ1) is 17.3. The number of sulfonamides is 1. The first kappa shape index (κ1) is 24.8. The molecular weight excluding hydrogens is 480 g/mol. The Balaban J connectivity index is 1.47. The summed E-state index contributed by atoms with van der Waals surface area (Å²) in [6.45, 7) is 0.322. The van der Waals surface area contributed by atoms with Crippen molar-refractivity contribution in [3.63, 3.8) is 0 Å². The van der Waals surface area contributed by atoms with Crippen LogP contribution in [0.2, 0.25) is 0 Å². The minimum absolute atomic E-state index is 0.0565. The minimum Gasteiger partial charge on any atom is -0.493 e. The van der Waals surface area contributed by atoms with Crippen molar-refractivity contribution in [3.05, 3.63) is 96.6 Å². The molecule has 0 fully saturated rings. The second-order valence-electron chi connectivity index (χ2n) is 7.82. The molecule has 0 aliphatic rings. The summed E-state index contributed by atoms with van der Waals surface area (Å²) in [5.41, 5.74) is 2.68. The lowest BCUT2D eigenvalue weighted by Gasteiger charge is -2.20. The van der Waals surface area contributed by atoms with Gasteiger partial charge in [0.1, 0.15) is 0 Å². The third kappa shape index (κ3) is 5.03. The number of carbonyl (C=O) groups excluding carboxylic acids is 1. The third-order valence-corrected chi connectivity index (χ3v) is 7.50. The van der Waals surface area contributed by atoms with Crippen LogP contribution in [0.15, 0.2) is 90.3 Å². The van der Waals surface area contributed by atoms with E-state index >= 15 is 0 Å². The van der Waals surface area contributed by atoms with Crippen molar-refractivity contribution in [3.8, 4) is 17.2 Å². The quantitative estimate of drug-likeness (QED) is 0.372. The highest BCUT2D eigenvalue weighted by Crippen LogP contribution is 2.31. The summed E-state index contributed by atoms with van der Waals surface area (Å²) in [5, 5.41) is 2.92. The van der Waals surface area contributed by atoms with Crippen molar-refractivity contribution in [1.82, 2.24) is 14.9 Å². The number of anilines is 1. The van der Waals surface area contributed by atoms with E-state index in [0.717, 1.165) is 15.6 Å². The summed E-state index contributed by atoms with van der Waals surface area (Å²) in [6.07, 6.45) is 5.23.